The standard InChI is InChI=1S/C19H16ClF2N3O3/c1-2-19(11-3-5-12(20)6-4-11)17(27)25(18(28)24-19)10-16(26)23-13-7-8-14(21)15(22)9-13/h3-9H,2,10H2,1H3,(H,23,26)(H,24,28). The predicted octanol–water partition coefficient (Wildman–Crippen LogP) is 3.41. The molecule has 1 heterocycles. The van der Waals surface area contributed by atoms with Crippen LogP contribution in [0.2, 0.25) is 5.02 Å². The molecule has 0 aliphatic carbocycles. The molecule has 1 aliphatic rings. The summed E-state index contributed by atoms with van der Waals surface area (Å²) in [7, 11) is 0. The molecule has 1 aliphatic heterocycles. The van der Waals surface area contributed by atoms with E-state index in [1.807, 2.05) is 0 Å². The van der Waals surface area contributed by atoms with Crippen molar-refractivity contribution in [2.24, 2.45) is 0 Å². The molecule has 6 nitrogen and oxygen atoms in total. The molecular weight excluding hydrogens is 392 g/mol. The zero-order valence-corrected chi connectivity index (χ0v) is 15.5. The quantitative estimate of drug-likeness (QED) is 0.745. The number of nitrogens with zero attached hydrogens (tertiary/aromatic N) is 1. The fourth-order valence-electron chi connectivity index (χ4n) is 3.06. The van der Waals surface area contributed by atoms with Gasteiger partial charge >= 0.3 is 6.03 Å². The lowest BCUT2D eigenvalue weighted by Crippen LogP contribution is -2.44. The monoisotopic (exact) mass is 407 g/mol. The van der Waals surface area contributed by atoms with Gasteiger partial charge in [0.15, 0.2) is 11.6 Å². The second-order valence-electron chi connectivity index (χ2n) is 6.26. The Morgan fingerprint density at radius 1 is 1.14 bits per heavy atom. The Kier molecular flexibility index (Phi) is 5.33. The number of hydrogen-bond donors (Lipinski definition) is 2. The number of nitrogens with one attached hydrogen (secondary N) is 2. The van der Waals surface area contributed by atoms with E-state index in [2.05, 4.69) is 10.6 Å². The summed E-state index contributed by atoms with van der Waals surface area (Å²) in [6, 6.07) is 8.60. The summed E-state index contributed by atoms with van der Waals surface area (Å²) in [5.41, 5.74) is -0.749. The SMILES string of the molecule is CCC1(c2ccc(Cl)cc2)NC(=O)N(CC(=O)Nc2ccc(F)c(F)c2)C1=O. The lowest BCUT2D eigenvalue weighted by molar-refractivity contribution is -0.134. The van der Waals surface area contributed by atoms with Crippen LogP contribution >= 0.6 is 11.6 Å². The Labute approximate surface area is 164 Å². The van der Waals surface area contributed by atoms with Crippen LogP contribution in [0.4, 0.5) is 19.3 Å². The Bertz CT molecular complexity index is 952. The molecule has 0 spiro atoms. The molecule has 2 aromatic rings. The minimum atomic E-state index is -1.30. The van der Waals surface area contributed by atoms with Gasteiger partial charge in [0.05, 0.1) is 0 Å². The molecule has 3 rings (SSSR count). The normalized spacial score (nSPS) is 18.9. The molecule has 9 heteroatoms. The summed E-state index contributed by atoms with van der Waals surface area (Å²) in [6.45, 7) is 1.16. The fourth-order valence-corrected chi connectivity index (χ4v) is 3.19. The van der Waals surface area contributed by atoms with Crippen molar-refractivity contribution in [3.05, 3.63) is 64.7 Å². The number of urea groups is 1. The minimum Gasteiger partial charge on any atom is -0.324 e. The number of benzene rings is 2. The molecule has 0 radical (unpaired) electrons. The van der Waals surface area contributed by atoms with Gasteiger partial charge in [-0.15, -0.1) is 0 Å². The van der Waals surface area contributed by atoms with E-state index >= 15 is 0 Å². The van der Waals surface area contributed by atoms with E-state index in [0.29, 0.717) is 10.6 Å². The van der Waals surface area contributed by atoms with Crippen LogP contribution in [-0.4, -0.2) is 29.3 Å². The van der Waals surface area contributed by atoms with E-state index in [-0.39, 0.29) is 12.1 Å². The summed E-state index contributed by atoms with van der Waals surface area (Å²) >= 11 is 5.88. The van der Waals surface area contributed by atoms with Crippen molar-refractivity contribution >= 4 is 35.1 Å². The molecule has 1 saturated heterocycles. The maximum absolute atomic E-state index is 13.3. The molecule has 0 bridgehead atoms. The summed E-state index contributed by atoms with van der Waals surface area (Å²) in [5, 5.41) is 5.46. The molecular formula is C19H16ClF2N3O3. The molecule has 2 N–H and O–H groups in total. The first-order valence-electron chi connectivity index (χ1n) is 8.42. The molecule has 146 valence electrons. The van der Waals surface area contributed by atoms with Crippen LogP contribution in [-0.2, 0) is 15.1 Å². The number of anilines is 1. The first kappa shape index (κ1) is 19.8. The van der Waals surface area contributed by atoms with Gasteiger partial charge < -0.3 is 10.6 Å². The van der Waals surface area contributed by atoms with E-state index in [0.717, 1.165) is 17.0 Å². The smallest absolute Gasteiger partial charge is 0.324 e. The first-order chi connectivity index (χ1) is 13.3. The van der Waals surface area contributed by atoms with Gasteiger partial charge in [0, 0.05) is 16.8 Å². The predicted molar refractivity (Wildman–Crippen MR) is 98.7 cm³/mol. The number of imide groups is 1. The molecule has 1 fully saturated rings. The molecule has 4 amide bonds. The fraction of sp³-hybridized carbons (Fsp3) is 0.211. The van der Waals surface area contributed by atoms with Crippen LogP contribution in [0.5, 0.6) is 0 Å². The number of rotatable bonds is 5. The second kappa shape index (κ2) is 7.55. The van der Waals surface area contributed by atoms with E-state index in [1.54, 1.807) is 31.2 Å². The Balaban J connectivity index is 1.78. The van der Waals surface area contributed by atoms with Crippen LogP contribution in [0.25, 0.3) is 0 Å². The zero-order chi connectivity index (χ0) is 20.5. The summed E-state index contributed by atoms with van der Waals surface area (Å²) in [6.07, 6.45) is 0.264. The van der Waals surface area contributed by atoms with Gasteiger partial charge in [-0.05, 0) is 36.2 Å². The van der Waals surface area contributed by atoms with Crippen LogP contribution in [0, 0.1) is 11.6 Å². The van der Waals surface area contributed by atoms with Crippen LogP contribution in [0.3, 0.4) is 0 Å². The van der Waals surface area contributed by atoms with Crippen LogP contribution < -0.4 is 10.6 Å². The highest BCUT2D eigenvalue weighted by atomic mass is 35.5. The van der Waals surface area contributed by atoms with Crippen LogP contribution in [0.1, 0.15) is 18.9 Å². The first-order valence-corrected chi connectivity index (χ1v) is 8.79. The molecule has 2 aromatic carbocycles. The zero-order valence-electron chi connectivity index (χ0n) is 14.8. The van der Waals surface area contributed by atoms with E-state index < -0.39 is 41.6 Å². The Hall–Kier alpha value is -3.00. The van der Waals surface area contributed by atoms with Crippen molar-refractivity contribution in [1.29, 1.82) is 0 Å². The Morgan fingerprint density at radius 3 is 2.43 bits per heavy atom. The highest BCUT2D eigenvalue weighted by Crippen LogP contribution is 2.33. The summed E-state index contributed by atoms with van der Waals surface area (Å²) in [5.74, 6) is -3.48. The average Bonchev–Trinajstić information content (AvgIpc) is 2.90. The van der Waals surface area contributed by atoms with E-state index in [9.17, 15) is 23.2 Å². The van der Waals surface area contributed by atoms with Gasteiger partial charge in [-0.1, -0.05) is 30.7 Å². The van der Waals surface area contributed by atoms with Gasteiger partial charge in [0.25, 0.3) is 5.91 Å². The second-order valence-corrected chi connectivity index (χ2v) is 6.70. The topological polar surface area (TPSA) is 78.5 Å². The molecule has 1 atom stereocenters. The molecule has 1 unspecified atom stereocenters. The Morgan fingerprint density at radius 2 is 1.82 bits per heavy atom. The third-order valence-electron chi connectivity index (χ3n) is 4.55. The van der Waals surface area contributed by atoms with Gasteiger partial charge in [-0.25, -0.2) is 13.6 Å². The lowest BCUT2D eigenvalue weighted by atomic mass is 9.87. The van der Waals surface area contributed by atoms with E-state index in [1.165, 1.54) is 6.07 Å². The number of carbonyl (C=O) groups excluding carboxylic acids is 3. The van der Waals surface area contributed by atoms with Gasteiger partial charge in [0.2, 0.25) is 5.91 Å². The molecule has 0 saturated carbocycles. The van der Waals surface area contributed by atoms with Crippen molar-refractivity contribution in [3.63, 3.8) is 0 Å². The van der Waals surface area contributed by atoms with E-state index in [4.69, 9.17) is 11.6 Å². The molecule has 28 heavy (non-hydrogen) atoms. The van der Waals surface area contributed by atoms with Crippen molar-refractivity contribution < 1.29 is 23.2 Å². The van der Waals surface area contributed by atoms with Gasteiger partial charge in [-0.2, -0.15) is 0 Å². The van der Waals surface area contributed by atoms with Gasteiger partial charge in [0.1, 0.15) is 12.1 Å². The number of halogens is 3. The maximum Gasteiger partial charge on any atom is 0.325 e. The maximum atomic E-state index is 13.3. The third-order valence-corrected chi connectivity index (χ3v) is 4.80. The number of amides is 4. The minimum absolute atomic E-state index is 0.00964. The van der Waals surface area contributed by atoms with Crippen molar-refractivity contribution in [2.75, 3.05) is 11.9 Å². The van der Waals surface area contributed by atoms with Crippen molar-refractivity contribution in [2.45, 2.75) is 18.9 Å². The van der Waals surface area contributed by atoms with Crippen molar-refractivity contribution in [1.82, 2.24) is 10.2 Å². The third kappa shape index (κ3) is 3.55. The van der Waals surface area contributed by atoms with Crippen LogP contribution in [0.15, 0.2) is 42.5 Å². The highest BCUT2D eigenvalue weighted by Gasteiger charge is 2.51. The molecule has 0 aromatic heterocycles. The number of hydrogen-bond acceptors (Lipinski definition) is 3. The van der Waals surface area contributed by atoms with Gasteiger partial charge in [-0.3, -0.25) is 14.5 Å². The van der Waals surface area contributed by atoms with Crippen molar-refractivity contribution in [3.8, 4) is 0 Å². The highest BCUT2D eigenvalue weighted by molar-refractivity contribution is 6.30. The summed E-state index contributed by atoms with van der Waals surface area (Å²) < 4.78 is 26.2. The average molecular weight is 408 g/mol. The number of carbonyl (C=O) groups is 3. The lowest BCUT2D eigenvalue weighted by Gasteiger charge is -2.25. The summed E-state index contributed by atoms with van der Waals surface area (Å²) in [4.78, 5) is 38.3. The largest absolute Gasteiger partial charge is 0.325 e.